The number of aryl methyl sites for hydroxylation is 1. The van der Waals surface area contributed by atoms with Crippen molar-refractivity contribution in [1.82, 2.24) is 5.32 Å². The maximum absolute atomic E-state index is 13.5. The molecule has 0 radical (unpaired) electrons. The van der Waals surface area contributed by atoms with E-state index in [2.05, 4.69) is 5.32 Å². The average Bonchev–Trinajstić information content (AvgIpc) is 2.48. The molecule has 0 aliphatic rings. The van der Waals surface area contributed by atoms with Gasteiger partial charge in [-0.1, -0.05) is 35.9 Å². The van der Waals surface area contributed by atoms with Crippen LogP contribution in [0.4, 0.5) is 4.39 Å². The van der Waals surface area contributed by atoms with Gasteiger partial charge in [0, 0.05) is 17.0 Å². The number of nitrogens with one attached hydrogen (secondary N) is 1. The lowest BCUT2D eigenvalue weighted by molar-refractivity contribution is -0.120. The monoisotopic (exact) mass is 303 g/mol. The standard InChI is InChI=1S/C17H18FNOS/c1-12-7-9-15(10-8-12)21-13(2)17(20)19-11-14-5-3-4-6-16(14)18/h3-10,13H,11H2,1-2H3,(H,19,20). The van der Waals surface area contributed by atoms with Crippen molar-refractivity contribution in [2.75, 3.05) is 0 Å². The van der Waals surface area contributed by atoms with Gasteiger partial charge in [0.25, 0.3) is 0 Å². The van der Waals surface area contributed by atoms with E-state index in [0.29, 0.717) is 5.56 Å². The number of benzene rings is 2. The molecule has 0 saturated heterocycles. The van der Waals surface area contributed by atoms with E-state index in [-0.39, 0.29) is 23.5 Å². The van der Waals surface area contributed by atoms with Crippen LogP contribution in [-0.2, 0) is 11.3 Å². The van der Waals surface area contributed by atoms with Gasteiger partial charge in [0.05, 0.1) is 5.25 Å². The maximum atomic E-state index is 13.5. The van der Waals surface area contributed by atoms with Crippen LogP contribution in [0.2, 0.25) is 0 Å². The zero-order valence-corrected chi connectivity index (χ0v) is 12.9. The van der Waals surface area contributed by atoms with E-state index in [9.17, 15) is 9.18 Å². The molecule has 1 atom stereocenters. The first-order valence-corrected chi connectivity index (χ1v) is 7.68. The molecule has 0 heterocycles. The van der Waals surface area contributed by atoms with Crippen molar-refractivity contribution in [2.24, 2.45) is 0 Å². The van der Waals surface area contributed by atoms with Gasteiger partial charge in [-0.15, -0.1) is 11.8 Å². The van der Waals surface area contributed by atoms with Crippen molar-refractivity contribution >= 4 is 17.7 Å². The molecule has 2 nitrogen and oxygen atoms in total. The van der Waals surface area contributed by atoms with E-state index in [1.807, 2.05) is 38.1 Å². The molecule has 21 heavy (non-hydrogen) atoms. The van der Waals surface area contributed by atoms with Crippen molar-refractivity contribution in [2.45, 2.75) is 30.5 Å². The number of thioether (sulfide) groups is 1. The van der Waals surface area contributed by atoms with Crippen LogP contribution < -0.4 is 5.32 Å². The lowest BCUT2D eigenvalue weighted by atomic mass is 10.2. The molecule has 0 aliphatic carbocycles. The van der Waals surface area contributed by atoms with E-state index >= 15 is 0 Å². The van der Waals surface area contributed by atoms with Gasteiger partial charge in [-0.3, -0.25) is 4.79 Å². The molecule has 1 unspecified atom stereocenters. The molecule has 110 valence electrons. The summed E-state index contributed by atoms with van der Waals surface area (Å²) in [4.78, 5) is 13.1. The van der Waals surface area contributed by atoms with Crippen LogP contribution in [0.1, 0.15) is 18.1 Å². The first-order valence-electron chi connectivity index (χ1n) is 6.80. The lowest BCUT2D eigenvalue weighted by Gasteiger charge is -2.12. The van der Waals surface area contributed by atoms with Crippen LogP contribution in [0.3, 0.4) is 0 Å². The fourth-order valence-corrected chi connectivity index (χ4v) is 2.73. The average molecular weight is 303 g/mol. The van der Waals surface area contributed by atoms with Crippen LogP contribution in [0.15, 0.2) is 53.4 Å². The van der Waals surface area contributed by atoms with E-state index in [0.717, 1.165) is 4.90 Å². The Kier molecular flexibility index (Phi) is 5.39. The normalized spacial score (nSPS) is 12.0. The van der Waals surface area contributed by atoms with E-state index < -0.39 is 0 Å². The largest absolute Gasteiger partial charge is 0.351 e. The van der Waals surface area contributed by atoms with Gasteiger partial charge in [0.1, 0.15) is 5.82 Å². The van der Waals surface area contributed by atoms with Crippen LogP contribution in [0.25, 0.3) is 0 Å². The number of amides is 1. The summed E-state index contributed by atoms with van der Waals surface area (Å²) in [5.74, 6) is -0.388. The number of halogens is 1. The minimum Gasteiger partial charge on any atom is -0.351 e. The first-order chi connectivity index (χ1) is 10.1. The molecule has 0 bridgehead atoms. The Balaban J connectivity index is 1.88. The quantitative estimate of drug-likeness (QED) is 0.848. The Morgan fingerprint density at radius 3 is 2.52 bits per heavy atom. The molecular weight excluding hydrogens is 285 g/mol. The van der Waals surface area contributed by atoms with Crippen molar-refractivity contribution < 1.29 is 9.18 Å². The second-order valence-electron chi connectivity index (χ2n) is 4.88. The summed E-state index contributed by atoms with van der Waals surface area (Å²) in [6, 6.07) is 14.5. The Morgan fingerprint density at radius 1 is 1.19 bits per heavy atom. The smallest absolute Gasteiger partial charge is 0.233 e. The lowest BCUT2D eigenvalue weighted by Crippen LogP contribution is -2.30. The minimum absolute atomic E-state index is 0.0937. The molecule has 4 heteroatoms. The topological polar surface area (TPSA) is 29.1 Å². The van der Waals surface area contributed by atoms with Gasteiger partial charge in [-0.2, -0.15) is 0 Å². The van der Waals surface area contributed by atoms with Crippen molar-refractivity contribution in [3.8, 4) is 0 Å². The van der Waals surface area contributed by atoms with E-state index in [4.69, 9.17) is 0 Å². The van der Waals surface area contributed by atoms with E-state index in [1.54, 1.807) is 18.2 Å². The summed E-state index contributed by atoms with van der Waals surface area (Å²) in [6.07, 6.45) is 0. The van der Waals surface area contributed by atoms with Crippen LogP contribution >= 0.6 is 11.8 Å². The number of carbonyl (C=O) groups excluding carboxylic acids is 1. The highest BCUT2D eigenvalue weighted by molar-refractivity contribution is 8.00. The molecule has 2 aromatic rings. The Morgan fingerprint density at radius 2 is 1.86 bits per heavy atom. The van der Waals surface area contributed by atoms with Gasteiger partial charge in [-0.05, 0) is 32.0 Å². The van der Waals surface area contributed by atoms with Gasteiger partial charge < -0.3 is 5.32 Å². The van der Waals surface area contributed by atoms with Crippen LogP contribution in [0.5, 0.6) is 0 Å². The Bertz CT molecular complexity index is 612. The zero-order valence-electron chi connectivity index (χ0n) is 12.1. The molecule has 1 amide bonds. The fraction of sp³-hybridized carbons (Fsp3) is 0.235. The highest BCUT2D eigenvalue weighted by Gasteiger charge is 2.14. The Hall–Kier alpha value is -1.81. The van der Waals surface area contributed by atoms with Crippen LogP contribution in [-0.4, -0.2) is 11.2 Å². The number of hydrogen-bond acceptors (Lipinski definition) is 2. The predicted molar refractivity (Wildman–Crippen MR) is 84.7 cm³/mol. The molecule has 0 spiro atoms. The molecule has 0 saturated carbocycles. The number of rotatable bonds is 5. The molecule has 2 aromatic carbocycles. The van der Waals surface area contributed by atoms with Gasteiger partial charge in [-0.25, -0.2) is 4.39 Å². The number of hydrogen-bond donors (Lipinski definition) is 1. The molecule has 2 rings (SSSR count). The summed E-state index contributed by atoms with van der Waals surface area (Å²) >= 11 is 1.49. The summed E-state index contributed by atoms with van der Waals surface area (Å²) in [5.41, 5.74) is 1.69. The second-order valence-corrected chi connectivity index (χ2v) is 6.30. The molecular formula is C17H18FNOS. The second kappa shape index (κ2) is 7.27. The zero-order chi connectivity index (χ0) is 15.2. The number of carbonyl (C=O) groups is 1. The van der Waals surface area contributed by atoms with Crippen molar-refractivity contribution in [1.29, 1.82) is 0 Å². The third kappa shape index (κ3) is 4.60. The Labute approximate surface area is 128 Å². The third-order valence-electron chi connectivity index (χ3n) is 3.11. The summed E-state index contributed by atoms with van der Waals surface area (Å²) < 4.78 is 13.5. The highest BCUT2D eigenvalue weighted by Crippen LogP contribution is 2.23. The maximum Gasteiger partial charge on any atom is 0.233 e. The van der Waals surface area contributed by atoms with Crippen molar-refractivity contribution in [3.05, 3.63) is 65.5 Å². The first kappa shape index (κ1) is 15.6. The minimum atomic E-state index is -0.295. The third-order valence-corrected chi connectivity index (χ3v) is 4.23. The predicted octanol–water partition coefficient (Wildman–Crippen LogP) is 3.93. The molecule has 0 aliphatic heterocycles. The van der Waals surface area contributed by atoms with Gasteiger partial charge in [0.15, 0.2) is 0 Å². The highest BCUT2D eigenvalue weighted by atomic mass is 32.2. The molecule has 0 aromatic heterocycles. The summed E-state index contributed by atoms with van der Waals surface area (Å²) in [7, 11) is 0. The molecule has 1 N–H and O–H groups in total. The summed E-state index contributed by atoms with van der Waals surface area (Å²) in [6.45, 7) is 4.09. The van der Waals surface area contributed by atoms with Gasteiger partial charge in [0.2, 0.25) is 5.91 Å². The molecule has 0 fully saturated rings. The van der Waals surface area contributed by atoms with Crippen molar-refractivity contribution in [3.63, 3.8) is 0 Å². The fourth-order valence-electron chi connectivity index (χ4n) is 1.84. The SMILES string of the molecule is Cc1ccc(SC(C)C(=O)NCc2ccccc2F)cc1. The van der Waals surface area contributed by atoms with Gasteiger partial charge >= 0.3 is 0 Å². The van der Waals surface area contributed by atoms with E-state index in [1.165, 1.54) is 23.4 Å². The summed E-state index contributed by atoms with van der Waals surface area (Å²) in [5, 5.41) is 2.55. The van der Waals surface area contributed by atoms with Crippen LogP contribution in [0, 0.1) is 12.7 Å².